The fraction of sp³-hybridized carbons (Fsp3) is 0.600. The van der Waals surface area contributed by atoms with Crippen LogP contribution in [0.2, 0.25) is 0 Å². The van der Waals surface area contributed by atoms with Crippen LogP contribution >= 0.6 is 0 Å². The van der Waals surface area contributed by atoms with E-state index in [4.69, 9.17) is 0 Å². The average Bonchev–Trinajstić information content (AvgIpc) is 3.20. The highest BCUT2D eigenvalue weighted by Crippen LogP contribution is 2.45. The van der Waals surface area contributed by atoms with Crippen molar-refractivity contribution in [3.63, 3.8) is 0 Å². The second-order valence-corrected chi connectivity index (χ2v) is 5.59. The molecule has 1 N–H and O–H groups in total. The predicted octanol–water partition coefficient (Wildman–Crippen LogP) is 2.49. The van der Waals surface area contributed by atoms with Crippen LogP contribution in [-0.4, -0.2) is 31.1 Å². The summed E-state index contributed by atoms with van der Waals surface area (Å²) >= 11 is 0. The van der Waals surface area contributed by atoms with Gasteiger partial charge < -0.3 is 5.32 Å². The van der Waals surface area contributed by atoms with Crippen molar-refractivity contribution in [1.29, 1.82) is 0 Å². The van der Waals surface area contributed by atoms with Crippen LogP contribution in [0.3, 0.4) is 0 Å². The molecule has 0 unspecified atom stereocenters. The Balaban J connectivity index is 1.90. The van der Waals surface area contributed by atoms with E-state index < -0.39 is 0 Å². The third-order valence-electron chi connectivity index (χ3n) is 4.08. The number of nitrogens with zero attached hydrogens (tertiary/aromatic N) is 1. The van der Waals surface area contributed by atoms with Gasteiger partial charge in [0.1, 0.15) is 5.82 Å². The first-order valence-corrected chi connectivity index (χ1v) is 6.96. The van der Waals surface area contributed by atoms with Crippen molar-refractivity contribution in [2.24, 2.45) is 5.92 Å². The number of piperazine rings is 1. The monoisotopic (exact) mass is 248 g/mol. The number of nitrogens with one attached hydrogen (secondary N) is 1. The van der Waals surface area contributed by atoms with E-state index in [2.05, 4.69) is 10.2 Å². The molecule has 18 heavy (non-hydrogen) atoms. The largest absolute Gasteiger partial charge is 0.314 e. The first-order valence-electron chi connectivity index (χ1n) is 6.96. The minimum atomic E-state index is -0.0315. The molecule has 0 amide bonds. The molecule has 1 aromatic rings. The van der Waals surface area contributed by atoms with Crippen molar-refractivity contribution in [2.75, 3.05) is 26.2 Å². The molecule has 1 saturated heterocycles. The zero-order chi connectivity index (χ0) is 12.5. The summed E-state index contributed by atoms with van der Waals surface area (Å²) in [6.07, 6.45) is 2.50. The molecule has 2 fully saturated rings. The Labute approximate surface area is 108 Å². The quantitative estimate of drug-likeness (QED) is 0.884. The van der Waals surface area contributed by atoms with Crippen molar-refractivity contribution < 1.29 is 4.39 Å². The lowest BCUT2D eigenvalue weighted by molar-refractivity contribution is 0.153. The molecule has 0 aromatic heterocycles. The standard InChI is InChI=1S/C15H21FN2/c1-11-2-5-14(16)13(10-11)15(12-3-4-12)18-8-6-17-7-9-18/h2,5,10,12,15,17H,3-4,6-9H2,1H3/t15-/m1/s1. The minimum absolute atomic E-state index is 0.0315. The SMILES string of the molecule is Cc1ccc(F)c([C@@H](C2CC2)N2CCNCC2)c1. The third-order valence-corrected chi connectivity index (χ3v) is 4.08. The zero-order valence-electron chi connectivity index (χ0n) is 11.0. The molecule has 2 aliphatic rings. The van der Waals surface area contributed by atoms with Gasteiger partial charge in [-0.1, -0.05) is 17.7 Å². The lowest BCUT2D eigenvalue weighted by Gasteiger charge is -2.35. The van der Waals surface area contributed by atoms with Gasteiger partial charge in [0.2, 0.25) is 0 Å². The van der Waals surface area contributed by atoms with E-state index >= 15 is 0 Å². The molecule has 1 aliphatic carbocycles. The molecule has 0 bridgehead atoms. The smallest absolute Gasteiger partial charge is 0.128 e. The summed E-state index contributed by atoms with van der Waals surface area (Å²) in [7, 11) is 0. The molecule has 0 radical (unpaired) electrons. The topological polar surface area (TPSA) is 15.3 Å². The fourth-order valence-corrected chi connectivity index (χ4v) is 3.01. The summed E-state index contributed by atoms with van der Waals surface area (Å²) in [5.41, 5.74) is 2.08. The van der Waals surface area contributed by atoms with Gasteiger partial charge in [-0.15, -0.1) is 0 Å². The fourth-order valence-electron chi connectivity index (χ4n) is 3.01. The Kier molecular flexibility index (Phi) is 3.35. The lowest BCUT2D eigenvalue weighted by Crippen LogP contribution is -2.45. The Morgan fingerprint density at radius 3 is 2.67 bits per heavy atom. The Bertz CT molecular complexity index is 423. The van der Waals surface area contributed by atoms with Crippen LogP contribution in [0.1, 0.15) is 30.0 Å². The molecule has 1 saturated carbocycles. The van der Waals surface area contributed by atoms with E-state index in [9.17, 15) is 4.39 Å². The number of rotatable bonds is 3. The first kappa shape index (κ1) is 12.1. The van der Waals surface area contributed by atoms with Crippen molar-refractivity contribution in [3.8, 4) is 0 Å². The van der Waals surface area contributed by atoms with Gasteiger partial charge in [-0.3, -0.25) is 4.90 Å². The van der Waals surface area contributed by atoms with Gasteiger partial charge in [0.25, 0.3) is 0 Å². The van der Waals surface area contributed by atoms with Crippen LogP contribution in [0.4, 0.5) is 4.39 Å². The maximum absolute atomic E-state index is 14.1. The lowest BCUT2D eigenvalue weighted by atomic mass is 9.97. The number of aryl methyl sites for hydroxylation is 1. The highest BCUT2D eigenvalue weighted by Gasteiger charge is 2.37. The highest BCUT2D eigenvalue weighted by atomic mass is 19.1. The normalized spacial score (nSPS) is 23.0. The van der Waals surface area contributed by atoms with E-state index in [0.717, 1.165) is 37.3 Å². The molecule has 3 rings (SSSR count). The summed E-state index contributed by atoms with van der Waals surface area (Å²) in [5.74, 6) is 0.635. The average molecular weight is 248 g/mol. The van der Waals surface area contributed by atoms with Crippen LogP contribution in [0.25, 0.3) is 0 Å². The first-order chi connectivity index (χ1) is 8.75. The number of halogens is 1. The molecular formula is C15H21FN2. The van der Waals surface area contributed by atoms with Crippen molar-refractivity contribution in [3.05, 3.63) is 35.1 Å². The Hall–Kier alpha value is -0.930. The van der Waals surface area contributed by atoms with Crippen LogP contribution in [0.5, 0.6) is 0 Å². The Morgan fingerprint density at radius 1 is 1.28 bits per heavy atom. The summed E-state index contributed by atoms with van der Waals surface area (Å²) in [4.78, 5) is 2.46. The molecule has 1 heterocycles. The summed E-state index contributed by atoms with van der Waals surface area (Å²) in [5, 5.41) is 3.37. The van der Waals surface area contributed by atoms with Crippen molar-refractivity contribution in [1.82, 2.24) is 10.2 Å². The van der Waals surface area contributed by atoms with Gasteiger partial charge in [-0.05, 0) is 31.7 Å². The van der Waals surface area contributed by atoms with Crippen molar-refractivity contribution in [2.45, 2.75) is 25.8 Å². The van der Waals surface area contributed by atoms with Gasteiger partial charge in [-0.2, -0.15) is 0 Å². The molecule has 1 aromatic carbocycles. The molecule has 0 spiro atoms. The number of hydrogen-bond donors (Lipinski definition) is 1. The predicted molar refractivity (Wildman–Crippen MR) is 71.0 cm³/mol. The highest BCUT2D eigenvalue weighted by molar-refractivity contribution is 5.28. The molecular weight excluding hydrogens is 227 g/mol. The molecule has 1 aliphatic heterocycles. The summed E-state index contributed by atoms with van der Waals surface area (Å²) in [6.45, 7) is 6.17. The van der Waals surface area contributed by atoms with E-state index in [1.54, 1.807) is 6.07 Å². The van der Waals surface area contributed by atoms with Crippen LogP contribution < -0.4 is 5.32 Å². The Morgan fingerprint density at radius 2 is 2.00 bits per heavy atom. The zero-order valence-corrected chi connectivity index (χ0v) is 11.0. The second-order valence-electron chi connectivity index (χ2n) is 5.59. The van der Waals surface area contributed by atoms with E-state index in [1.807, 2.05) is 19.1 Å². The van der Waals surface area contributed by atoms with Gasteiger partial charge in [-0.25, -0.2) is 4.39 Å². The van der Waals surface area contributed by atoms with E-state index in [-0.39, 0.29) is 5.82 Å². The van der Waals surface area contributed by atoms with E-state index in [0.29, 0.717) is 12.0 Å². The summed E-state index contributed by atoms with van der Waals surface area (Å²) < 4.78 is 14.1. The molecule has 2 nitrogen and oxygen atoms in total. The molecule has 3 heteroatoms. The number of hydrogen-bond acceptors (Lipinski definition) is 2. The third kappa shape index (κ3) is 2.43. The van der Waals surface area contributed by atoms with Crippen LogP contribution in [0, 0.1) is 18.7 Å². The summed E-state index contributed by atoms with van der Waals surface area (Å²) in [6, 6.07) is 5.83. The maximum atomic E-state index is 14.1. The van der Waals surface area contributed by atoms with Gasteiger partial charge in [0, 0.05) is 37.8 Å². The van der Waals surface area contributed by atoms with Crippen molar-refractivity contribution >= 4 is 0 Å². The van der Waals surface area contributed by atoms with Gasteiger partial charge in [0.15, 0.2) is 0 Å². The molecule has 98 valence electrons. The van der Waals surface area contributed by atoms with Gasteiger partial charge >= 0.3 is 0 Å². The minimum Gasteiger partial charge on any atom is -0.314 e. The second kappa shape index (κ2) is 4.98. The number of benzene rings is 1. The van der Waals surface area contributed by atoms with Crippen LogP contribution in [-0.2, 0) is 0 Å². The van der Waals surface area contributed by atoms with E-state index in [1.165, 1.54) is 12.8 Å². The van der Waals surface area contributed by atoms with Gasteiger partial charge in [0.05, 0.1) is 0 Å². The maximum Gasteiger partial charge on any atom is 0.128 e. The molecule has 1 atom stereocenters. The van der Waals surface area contributed by atoms with Crippen LogP contribution in [0.15, 0.2) is 18.2 Å².